The molecule has 1 aliphatic carbocycles. The summed E-state index contributed by atoms with van der Waals surface area (Å²) in [6.45, 7) is 4.23. The SMILES string of the molecule is CCCCC1=C(CCCC)CC(C(=O)O)C(C(=O)O)C1. The zero-order chi connectivity index (χ0) is 15.1. The van der Waals surface area contributed by atoms with Crippen molar-refractivity contribution in [1.82, 2.24) is 0 Å². The lowest BCUT2D eigenvalue weighted by molar-refractivity contribution is -0.154. The lowest BCUT2D eigenvalue weighted by Gasteiger charge is -2.30. The highest BCUT2D eigenvalue weighted by molar-refractivity contribution is 5.81. The summed E-state index contributed by atoms with van der Waals surface area (Å²) in [5, 5.41) is 18.6. The van der Waals surface area contributed by atoms with Gasteiger partial charge in [0, 0.05) is 0 Å². The predicted molar refractivity (Wildman–Crippen MR) is 77.6 cm³/mol. The Morgan fingerprint density at radius 1 is 0.900 bits per heavy atom. The Bertz CT molecular complexity index is 348. The molecule has 0 saturated carbocycles. The Morgan fingerprint density at radius 3 is 1.50 bits per heavy atom. The number of carboxylic acids is 2. The van der Waals surface area contributed by atoms with Crippen molar-refractivity contribution >= 4 is 11.9 Å². The van der Waals surface area contributed by atoms with E-state index >= 15 is 0 Å². The summed E-state index contributed by atoms with van der Waals surface area (Å²) >= 11 is 0. The van der Waals surface area contributed by atoms with E-state index in [9.17, 15) is 19.8 Å². The van der Waals surface area contributed by atoms with Crippen molar-refractivity contribution in [3.05, 3.63) is 11.1 Å². The first-order chi connectivity index (χ1) is 9.51. The summed E-state index contributed by atoms with van der Waals surface area (Å²) in [6, 6.07) is 0. The smallest absolute Gasteiger partial charge is 0.307 e. The first-order valence-electron chi connectivity index (χ1n) is 7.66. The van der Waals surface area contributed by atoms with Crippen LogP contribution in [0.5, 0.6) is 0 Å². The van der Waals surface area contributed by atoms with Crippen LogP contribution in [-0.4, -0.2) is 22.2 Å². The number of rotatable bonds is 8. The molecule has 0 bridgehead atoms. The first kappa shape index (κ1) is 16.7. The van der Waals surface area contributed by atoms with E-state index in [0.717, 1.165) is 38.5 Å². The fraction of sp³-hybridized carbons (Fsp3) is 0.750. The monoisotopic (exact) mass is 282 g/mol. The maximum atomic E-state index is 11.3. The van der Waals surface area contributed by atoms with Gasteiger partial charge in [-0.25, -0.2) is 0 Å². The van der Waals surface area contributed by atoms with E-state index in [1.165, 1.54) is 11.1 Å². The molecule has 4 nitrogen and oxygen atoms in total. The lowest BCUT2D eigenvalue weighted by Crippen LogP contribution is -2.33. The van der Waals surface area contributed by atoms with Crippen molar-refractivity contribution in [2.24, 2.45) is 11.8 Å². The van der Waals surface area contributed by atoms with Crippen LogP contribution in [0.2, 0.25) is 0 Å². The molecule has 0 aromatic carbocycles. The maximum Gasteiger partial charge on any atom is 0.307 e. The van der Waals surface area contributed by atoms with Gasteiger partial charge in [-0.05, 0) is 38.5 Å². The van der Waals surface area contributed by atoms with Crippen LogP contribution in [0.1, 0.15) is 65.2 Å². The number of hydrogen-bond acceptors (Lipinski definition) is 2. The third-order valence-electron chi connectivity index (χ3n) is 4.22. The van der Waals surface area contributed by atoms with Crippen LogP contribution in [0.25, 0.3) is 0 Å². The molecule has 0 heterocycles. The highest BCUT2D eigenvalue weighted by Gasteiger charge is 2.38. The Kier molecular flexibility index (Phi) is 6.76. The van der Waals surface area contributed by atoms with Crippen LogP contribution >= 0.6 is 0 Å². The van der Waals surface area contributed by atoms with Crippen LogP contribution in [0, 0.1) is 11.8 Å². The summed E-state index contributed by atoms with van der Waals surface area (Å²) < 4.78 is 0. The number of carbonyl (C=O) groups is 2. The third-order valence-corrected chi connectivity index (χ3v) is 4.22. The molecular formula is C16H26O4. The van der Waals surface area contributed by atoms with Gasteiger partial charge in [-0.1, -0.05) is 37.8 Å². The van der Waals surface area contributed by atoms with Crippen LogP contribution in [0.4, 0.5) is 0 Å². The molecule has 2 atom stereocenters. The van der Waals surface area contributed by atoms with E-state index in [0.29, 0.717) is 12.8 Å². The third kappa shape index (κ3) is 4.36. The van der Waals surface area contributed by atoms with Crippen molar-refractivity contribution in [1.29, 1.82) is 0 Å². The van der Waals surface area contributed by atoms with Crippen LogP contribution in [0.15, 0.2) is 11.1 Å². The minimum absolute atomic E-state index is 0.422. The topological polar surface area (TPSA) is 74.6 Å². The Labute approximate surface area is 120 Å². The molecule has 2 unspecified atom stereocenters. The second-order valence-electron chi connectivity index (χ2n) is 5.71. The van der Waals surface area contributed by atoms with E-state index in [-0.39, 0.29) is 0 Å². The number of unbranched alkanes of at least 4 members (excludes halogenated alkanes) is 2. The fourth-order valence-electron chi connectivity index (χ4n) is 2.96. The van der Waals surface area contributed by atoms with Crippen molar-refractivity contribution in [2.75, 3.05) is 0 Å². The standard InChI is InChI=1S/C16H26O4/c1-3-5-7-11-9-13(15(17)18)14(16(19)20)10-12(11)8-6-4-2/h13-14H,3-10H2,1-2H3,(H,17,18)(H,19,20). The second kappa shape index (κ2) is 8.08. The molecule has 1 rings (SSSR count). The fourth-order valence-corrected chi connectivity index (χ4v) is 2.96. The number of hydrogen-bond donors (Lipinski definition) is 2. The molecule has 114 valence electrons. The largest absolute Gasteiger partial charge is 0.481 e. The molecule has 0 fully saturated rings. The van der Waals surface area contributed by atoms with Crippen molar-refractivity contribution < 1.29 is 19.8 Å². The molecule has 0 aromatic heterocycles. The Hall–Kier alpha value is -1.32. The first-order valence-corrected chi connectivity index (χ1v) is 7.66. The molecule has 1 aliphatic rings. The minimum Gasteiger partial charge on any atom is -0.481 e. The highest BCUT2D eigenvalue weighted by atomic mass is 16.4. The van der Waals surface area contributed by atoms with Gasteiger partial charge in [0.25, 0.3) is 0 Å². The van der Waals surface area contributed by atoms with Crippen molar-refractivity contribution in [3.63, 3.8) is 0 Å². The summed E-state index contributed by atoms with van der Waals surface area (Å²) in [7, 11) is 0. The summed E-state index contributed by atoms with van der Waals surface area (Å²) in [5.74, 6) is -3.46. The average Bonchev–Trinajstić information content (AvgIpc) is 2.42. The molecule has 20 heavy (non-hydrogen) atoms. The van der Waals surface area contributed by atoms with Gasteiger partial charge < -0.3 is 10.2 Å². The van der Waals surface area contributed by atoms with Crippen LogP contribution < -0.4 is 0 Å². The van der Waals surface area contributed by atoms with Gasteiger partial charge in [0.05, 0.1) is 11.8 Å². The zero-order valence-electron chi connectivity index (χ0n) is 12.5. The predicted octanol–water partition coefficient (Wildman–Crippen LogP) is 3.86. The van der Waals surface area contributed by atoms with E-state index in [4.69, 9.17) is 0 Å². The molecule has 2 N–H and O–H groups in total. The van der Waals surface area contributed by atoms with E-state index in [2.05, 4.69) is 13.8 Å². The maximum absolute atomic E-state index is 11.3. The second-order valence-corrected chi connectivity index (χ2v) is 5.71. The van der Waals surface area contributed by atoms with Gasteiger partial charge >= 0.3 is 11.9 Å². The molecule has 4 heteroatoms. The molecule has 0 spiro atoms. The normalized spacial score (nSPS) is 22.9. The minimum atomic E-state index is -0.971. The lowest BCUT2D eigenvalue weighted by atomic mass is 9.73. The molecular weight excluding hydrogens is 256 g/mol. The van der Waals surface area contributed by atoms with Crippen molar-refractivity contribution in [3.8, 4) is 0 Å². The summed E-state index contributed by atoms with van der Waals surface area (Å²) in [6.07, 6.45) is 6.94. The number of aliphatic carboxylic acids is 2. The zero-order valence-corrected chi connectivity index (χ0v) is 12.5. The van der Waals surface area contributed by atoms with Gasteiger partial charge in [-0.15, -0.1) is 0 Å². The van der Waals surface area contributed by atoms with Crippen LogP contribution in [0.3, 0.4) is 0 Å². The molecule has 0 radical (unpaired) electrons. The Balaban J connectivity index is 2.96. The molecule has 0 aliphatic heterocycles. The van der Waals surface area contributed by atoms with Crippen LogP contribution in [-0.2, 0) is 9.59 Å². The van der Waals surface area contributed by atoms with Gasteiger partial charge in [-0.2, -0.15) is 0 Å². The van der Waals surface area contributed by atoms with E-state index in [1.54, 1.807) is 0 Å². The average molecular weight is 282 g/mol. The number of carboxylic acid groups (broad SMARTS) is 2. The summed E-state index contributed by atoms with van der Waals surface area (Å²) in [5.41, 5.74) is 2.43. The van der Waals surface area contributed by atoms with E-state index in [1.807, 2.05) is 0 Å². The van der Waals surface area contributed by atoms with E-state index < -0.39 is 23.8 Å². The molecule has 0 amide bonds. The highest BCUT2D eigenvalue weighted by Crippen LogP contribution is 2.38. The molecule has 0 saturated heterocycles. The molecule has 0 aromatic rings. The quantitative estimate of drug-likeness (QED) is 0.663. The number of allylic oxidation sites excluding steroid dienone is 2. The van der Waals surface area contributed by atoms with Crippen molar-refractivity contribution in [2.45, 2.75) is 65.2 Å². The van der Waals surface area contributed by atoms with Gasteiger partial charge in [0.15, 0.2) is 0 Å². The van der Waals surface area contributed by atoms with Gasteiger partial charge in [0.1, 0.15) is 0 Å². The summed E-state index contributed by atoms with van der Waals surface area (Å²) in [4.78, 5) is 22.6. The van der Waals surface area contributed by atoms with Gasteiger partial charge in [-0.3, -0.25) is 9.59 Å². The Morgan fingerprint density at radius 2 is 1.25 bits per heavy atom. The van der Waals surface area contributed by atoms with Gasteiger partial charge in [0.2, 0.25) is 0 Å².